The zero-order valence-electron chi connectivity index (χ0n) is 11.9. The summed E-state index contributed by atoms with van der Waals surface area (Å²) >= 11 is 0. The van der Waals surface area contributed by atoms with E-state index in [4.69, 9.17) is 9.84 Å². The monoisotopic (exact) mass is 293 g/mol. The maximum absolute atomic E-state index is 13.2. The van der Waals surface area contributed by atoms with Crippen LogP contribution in [0, 0.1) is 11.7 Å². The Balaban J connectivity index is 1.48. The van der Waals surface area contributed by atoms with Crippen LogP contribution in [0.5, 0.6) is 5.75 Å². The van der Waals surface area contributed by atoms with Gasteiger partial charge in [-0.3, -0.25) is 9.69 Å². The van der Waals surface area contributed by atoms with Gasteiger partial charge in [-0.05, 0) is 43.5 Å². The number of hydrogen-bond donors (Lipinski definition) is 1. The molecule has 1 fully saturated rings. The van der Waals surface area contributed by atoms with Crippen LogP contribution < -0.4 is 4.74 Å². The first kappa shape index (κ1) is 14.3. The lowest BCUT2D eigenvalue weighted by atomic mass is 10.0. The molecule has 114 valence electrons. The molecule has 0 bridgehead atoms. The van der Waals surface area contributed by atoms with Crippen molar-refractivity contribution in [3.05, 3.63) is 29.6 Å². The zero-order chi connectivity index (χ0) is 14.8. The molecule has 4 nitrogen and oxygen atoms in total. The Morgan fingerprint density at radius 2 is 2.33 bits per heavy atom. The molecule has 1 aromatic carbocycles. The number of ether oxygens (including phenoxy) is 1. The molecule has 0 amide bonds. The van der Waals surface area contributed by atoms with Gasteiger partial charge in [0.1, 0.15) is 17.7 Å². The molecule has 5 heteroatoms. The van der Waals surface area contributed by atoms with E-state index in [2.05, 4.69) is 4.90 Å². The van der Waals surface area contributed by atoms with E-state index in [-0.39, 0.29) is 18.3 Å². The summed E-state index contributed by atoms with van der Waals surface area (Å²) in [6, 6.07) is 4.68. The number of carboxylic acid groups (broad SMARTS) is 1. The topological polar surface area (TPSA) is 49.8 Å². The van der Waals surface area contributed by atoms with Gasteiger partial charge in [0, 0.05) is 31.5 Å². The number of carbonyl (C=O) groups is 1. The smallest absolute Gasteiger partial charge is 0.303 e. The number of likely N-dealkylation sites (tertiary alicyclic amines) is 1. The molecule has 0 aliphatic carbocycles. The Hall–Kier alpha value is -1.62. The highest BCUT2D eigenvalue weighted by Gasteiger charge is 2.29. The third-order valence-electron chi connectivity index (χ3n) is 4.36. The number of aliphatic carboxylic acids is 1. The molecule has 0 aromatic heterocycles. The molecule has 21 heavy (non-hydrogen) atoms. The fourth-order valence-corrected chi connectivity index (χ4v) is 3.32. The molecular weight excluding hydrogens is 273 g/mol. The Kier molecular flexibility index (Phi) is 4.10. The molecule has 0 spiro atoms. The molecule has 1 aromatic rings. The third kappa shape index (κ3) is 3.53. The highest BCUT2D eigenvalue weighted by Crippen LogP contribution is 2.30. The molecule has 2 aliphatic rings. The Morgan fingerprint density at radius 1 is 1.48 bits per heavy atom. The Labute approximate surface area is 123 Å². The van der Waals surface area contributed by atoms with Gasteiger partial charge in [-0.15, -0.1) is 0 Å². The molecular formula is C16H20FNO3. The summed E-state index contributed by atoms with van der Waals surface area (Å²) < 4.78 is 19.0. The lowest BCUT2D eigenvalue weighted by molar-refractivity contribution is -0.137. The van der Waals surface area contributed by atoms with Gasteiger partial charge in [-0.25, -0.2) is 4.39 Å². The second kappa shape index (κ2) is 6.02. The van der Waals surface area contributed by atoms with Gasteiger partial charge in [0.2, 0.25) is 0 Å². The minimum absolute atomic E-state index is 0.0834. The molecule has 2 heterocycles. The van der Waals surface area contributed by atoms with Gasteiger partial charge < -0.3 is 9.84 Å². The summed E-state index contributed by atoms with van der Waals surface area (Å²) in [5.41, 5.74) is 0.946. The van der Waals surface area contributed by atoms with E-state index < -0.39 is 5.97 Å². The van der Waals surface area contributed by atoms with Crippen LogP contribution >= 0.6 is 0 Å². The predicted molar refractivity (Wildman–Crippen MR) is 75.9 cm³/mol. The van der Waals surface area contributed by atoms with E-state index in [0.717, 1.165) is 50.2 Å². The van der Waals surface area contributed by atoms with Crippen molar-refractivity contribution in [2.24, 2.45) is 5.92 Å². The van der Waals surface area contributed by atoms with Crippen molar-refractivity contribution in [1.29, 1.82) is 0 Å². The number of benzene rings is 1. The average Bonchev–Trinajstić information content (AvgIpc) is 3.02. The van der Waals surface area contributed by atoms with Crippen molar-refractivity contribution in [2.75, 3.05) is 19.6 Å². The van der Waals surface area contributed by atoms with Gasteiger partial charge in [0.15, 0.2) is 0 Å². The molecule has 2 atom stereocenters. The minimum atomic E-state index is -0.718. The summed E-state index contributed by atoms with van der Waals surface area (Å²) in [5.74, 6) is 0.336. The number of halogens is 1. The van der Waals surface area contributed by atoms with Crippen LogP contribution in [0.3, 0.4) is 0 Å². The van der Waals surface area contributed by atoms with Crippen molar-refractivity contribution >= 4 is 5.97 Å². The summed E-state index contributed by atoms with van der Waals surface area (Å²) in [4.78, 5) is 12.9. The van der Waals surface area contributed by atoms with Crippen molar-refractivity contribution in [2.45, 2.75) is 31.8 Å². The average molecular weight is 293 g/mol. The lowest BCUT2D eigenvalue weighted by Gasteiger charge is -2.20. The quantitative estimate of drug-likeness (QED) is 0.905. The minimum Gasteiger partial charge on any atom is -0.488 e. The van der Waals surface area contributed by atoms with Crippen molar-refractivity contribution < 1.29 is 19.0 Å². The first-order chi connectivity index (χ1) is 10.1. The molecule has 2 unspecified atom stereocenters. The predicted octanol–water partition coefficient (Wildman–Crippen LogP) is 2.32. The fourth-order valence-electron chi connectivity index (χ4n) is 3.32. The normalized spacial score (nSPS) is 24.8. The Bertz CT molecular complexity index is 534. The number of rotatable bonds is 5. The second-order valence-corrected chi connectivity index (χ2v) is 6.04. The number of fused-ring (bicyclic) bond motifs is 1. The SMILES string of the molecule is O=C(O)CCC1CCN(CC2Cc3cc(F)ccc3O2)C1. The second-order valence-electron chi connectivity index (χ2n) is 6.04. The van der Waals surface area contributed by atoms with Gasteiger partial charge >= 0.3 is 5.97 Å². The van der Waals surface area contributed by atoms with Crippen molar-refractivity contribution in [1.82, 2.24) is 4.90 Å². The van der Waals surface area contributed by atoms with E-state index in [0.29, 0.717) is 5.92 Å². The van der Waals surface area contributed by atoms with E-state index in [9.17, 15) is 9.18 Å². The highest BCUT2D eigenvalue weighted by atomic mass is 19.1. The summed E-state index contributed by atoms with van der Waals surface area (Å²) in [6.07, 6.45) is 2.90. The molecule has 0 saturated carbocycles. The van der Waals surface area contributed by atoms with Crippen LogP contribution in [0.25, 0.3) is 0 Å². The van der Waals surface area contributed by atoms with Crippen molar-refractivity contribution in [3.63, 3.8) is 0 Å². The summed E-state index contributed by atoms with van der Waals surface area (Å²) in [6.45, 7) is 2.77. The van der Waals surface area contributed by atoms with Crippen LogP contribution in [-0.2, 0) is 11.2 Å². The number of carboxylic acids is 1. The van der Waals surface area contributed by atoms with Gasteiger partial charge in [0.25, 0.3) is 0 Å². The van der Waals surface area contributed by atoms with Crippen LogP contribution in [0.2, 0.25) is 0 Å². The van der Waals surface area contributed by atoms with Crippen LogP contribution in [0.4, 0.5) is 4.39 Å². The number of nitrogens with zero attached hydrogens (tertiary/aromatic N) is 1. The van der Waals surface area contributed by atoms with Crippen LogP contribution in [-0.4, -0.2) is 41.7 Å². The van der Waals surface area contributed by atoms with Gasteiger partial charge in [0.05, 0.1) is 0 Å². The van der Waals surface area contributed by atoms with E-state index in [1.54, 1.807) is 12.1 Å². The lowest BCUT2D eigenvalue weighted by Crippen LogP contribution is -2.33. The zero-order valence-corrected chi connectivity index (χ0v) is 11.9. The third-order valence-corrected chi connectivity index (χ3v) is 4.36. The maximum atomic E-state index is 13.2. The van der Waals surface area contributed by atoms with Gasteiger partial charge in [-0.1, -0.05) is 0 Å². The van der Waals surface area contributed by atoms with E-state index in [1.807, 2.05) is 0 Å². The number of hydrogen-bond acceptors (Lipinski definition) is 3. The fraction of sp³-hybridized carbons (Fsp3) is 0.562. The Morgan fingerprint density at radius 3 is 3.14 bits per heavy atom. The molecule has 1 saturated heterocycles. The molecule has 0 radical (unpaired) electrons. The summed E-state index contributed by atoms with van der Waals surface area (Å²) in [7, 11) is 0. The first-order valence-corrected chi connectivity index (χ1v) is 7.49. The molecule has 3 rings (SSSR count). The van der Waals surface area contributed by atoms with Crippen molar-refractivity contribution in [3.8, 4) is 5.75 Å². The summed E-state index contributed by atoms with van der Waals surface area (Å²) in [5, 5.41) is 8.73. The molecule has 1 N–H and O–H groups in total. The molecule has 2 aliphatic heterocycles. The first-order valence-electron chi connectivity index (χ1n) is 7.49. The van der Waals surface area contributed by atoms with Crippen LogP contribution in [0.15, 0.2) is 18.2 Å². The van der Waals surface area contributed by atoms with E-state index in [1.165, 1.54) is 6.07 Å². The standard InChI is InChI=1S/C16H20FNO3/c17-13-2-3-15-12(7-13)8-14(21-15)10-18-6-5-11(9-18)1-4-16(19)20/h2-3,7,11,14H,1,4-6,8-10H2,(H,19,20). The van der Waals surface area contributed by atoms with E-state index >= 15 is 0 Å². The largest absolute Gasteiger partial charge is 0.488 e. The van der Waals surface area contributed by atoms with Gasteiger partial charge in [-0.2, -0.15) is 0 Å². The van der Waals surface area contributed by atoms with Crippen LogP contribution in [0.1, 0.15) is 24.8 Å². The highest BCUT2D eigenvalue weighted by molar-refractivity contribution is 5.66. The maximum Gasteiger partial charge on any atom is 0.303 e.